The van der Waals surface area contributed by atoms with E-state index in [1.54, 1.807) is 13.8 Å². The number of carbonyl (C=O) groups is 2. The number of aryl methyl sites for hydroxylation is 1. The van der Waals surface area contributed by atoms with Gasteiger partial charge in [-0.2, -0.15) is 5.26 Å². The maximum absolute atomic E-state index is 12.2. The highest BCUT2D eigenvalue weighted by molar-refractivity contribution is 7.16. The van der Waals surface area contributed by atoms with Gasteiger partial charge < -0.3 is 10.4 Å². The normalized spacial score (nSPS) is 22.9. The monoisotopic (exact) mass is 292 g/mol. The van der Waals surface area contributed by atoms with Gasteiger partial charge in [0.25, 0.3) is 0 Å². The van der Waals surface area contributed by atoms with Crippen molar-refractivity contribution in [3.8, 4) is 6.07 Å². The van der Waals surface area contributed by atoms with Crippen LogP contribution in [0.2, 0.25) is 0 Å². The van der Waals surface area contributed by atoms with E-state index >= 15 is 0 Å². The number of nitrogens with one attached hydrogen (secondary N) is 1. The molecule has 2 atom stereocenters. The fourth-order valence-corrected chi connectivity index (χ4v) is 3.64. The Hall–Kier alpha value is -1.87. The summed E-state index contributed by atoms with van der Waals surface area (Å²) in [5.74, 6) is -2.47. The minimum Gasteiger partial charge on any atom is -0.481 e. The van der Waals surface area contributed by atoms with E-state index < -0.39 is 23.2 Å². The van der Waals surface area contributed by atoms with Gasteiger partial charge in [0.15, 0.2) is 0 Å². The molecule has 1 amide bonds. The highest BCUT2D eigenvalue weighted by Crippen LogP contribution is 2.58. The second-order valence-corrected chi connectivity index (χ2v) is 6.93. The van der Waals surface area contributed by atoms with E-state index in [9.17, 15) is 9.59 Å². The lowest BCUT2D eigenvalue weighted by Crippen LogP contribution is -2.17. The molecule has 1 aromatic rings. The molecule has 2 N–H and O–H groups in total. The first-order chi connectivity index (χ1) is 9.21. The van der Waals surface area contributed by atoms with Crippen LogP contribution in [0.15, 0.2) is 0 Å². The highest BCUT2D eigenvalue weighted by atomic mass is 32.1. The predicted octanol–water partition coefficient (Wildman–Crippen LogP) is 2.53. The van der Waals surface area contributed by atoms with Crippen LogP contribution in [0.5, 0.6) is 0 Å². The zero-order chi connectivity index (χ0) is 15.2. The van der Waals surface area contributed by atoms with Gasteiger partial charge >= 0.3 is 5.97 Å². The molecule has 0 bridgehead atoms. The molecular weight excluding hydrogens is 276 g/mol. The largest absolute Gasteiger partial charge is 0.481 e. The second kappa shape index (κ2) is 4.60. The molecule has 1 heterocycles. The molecule has 0 saturated heterocycles. The maximum atomic E-state index is 12.2. The van der Waals surface area contributed by atoms with Gasteiger partial charge in [-0.05, 0) is 24.8 Å². The van der Waals surface area contributed by atoms with Crippen LogP contribution < -0.4 is 5.32 Å². The number of amides is 1. The molecule has 106 valence electrons. The molecule has 0 radical (unpaired) electrons. The molecule has 1 aromatic heterocycles. The molecule has 1 aliphatic rings. The first-order valence-electron chi connectivity index (χ1n) is 6.25. The number of nitriles is 1. The molecule has 5 nitrogen and oxygen atoms in total. The molecular formula is C14H16N2O3S. The van der Waals surface area contributed by atoms with E-state index in [0.717, 1.165) is 10.4 Å². The maximum Gasteiger partial charge on any atom is 0.307 e. The summed E-state index contributed by atoms with van der Waals surface area (Å²) in [7, 11) is 0. The summed E-state index contributed by atoms with van der Waals surface area (Å²) >= 11 is 1.35. The summed E-state index contributed by atoms with van der Waals surface area (Å²) in [5.41, 5.74) is 0.785. The van der Waals surface area contributed by atoms with Gasteiger partial charge in [0.1, 0.15) is 11.1 Å². The van der Waals surface area contributed by atoms with E-state index in [1.165, 1.54) is 11.3 Å². The smallest absolute Gasteiger partial charge is 0.307 e. The number of carbonyl (C=O) groups excluding carboxylic acids is 1. The molecule has 0 spiro atoms. The van der Waals surface area contributed by atoms with E-state index in [-0.39, 0.29) is 5.91 Å². The summed E-state index contributed by atoms with van der Waals surface area (Å²) in [6.45, 7) is 7.26. The van der Waals surface area contributed by atoms with Gasteiger partial charge in [0, 0.05) is 4.88 Å². The predicted molar refractivity (Wildman–Crippen MR) is 75.5 cm³/mol. The topological polar surface area (TPSA) is 90.2 Å². The van der Waals surface area contributed by atoms with Crippen LogP contribution in [0.4, 0.5) is 5.00 Å². The first-order valence-corrected chi connectivity index (χ1v) is 7.07. The Balaban J connectivity index is 2.21. The molecule has 0 aliphatic heterocycles. The highest BCUT2D eigenvalue weighted by Gasteiger charge is 2.65. The molecule has 0 aromatic carbocycles. The van der Waals surface area contributed by atoms with Gasteiger partial charge in [-0.1, -0.05) is 13.8 Å². The van der Waals surface area contributed by atoms with Crippen molar-refractivity contribution in [1.82, 2.24) is 0 Å². The number of anilines is 1. The number of hydrogen-bond donors (Lipinski definition) is 2. The SMILES string of the molecule is Cc1sc(NC(=O)[C@H]2[C@@H](C(=O)O)C2(C)C)c(C#N)c1C. The average Bonchev–Trinajstić information content (AvgIpc) is 2.82. The van der Waals surface area contributed by atoms with Crippen LogP contribution in [0.25, 0.3) is 0 Å². The third-order valence-corrected chi connectivity index (χ3v) is 5.23. The molecule has 1 aliphatic carbocycles. The lowest BCUT2D eigenvalue weighted by atomic mass is 10.1. The zero-order valence-corrected chi connectivity index (χ0v) is 12.6. The summed E-state index contributed by atoms with van der Waals surface area (Å²) in [6, 6.07) is 2.08. The number of rotatable bonds is 3. The van der Waals surface area contributed by atoms with Crippen molar-refractivity contribution in [2.75, 3.05) is 5.32 Å². The molecule has 6 heteroatoms. The van der Waals surface area contributed by atoms with E-state index in [1.807, 2.05) is 13.8 Å². The number of thiophene rings is 1. The quantitative estimate of drug-likeness (QED) is 0.895. The van der Waals surface area contributed by atoms with Crippen LogP contribution in [-0.2, 0) is 9.59 Å². The molecule has 0 unspecified atom stereocenters. The minimum absolute atomic E-state index is 0.319. The van der Waals surface area contributed by atoms with Crippen LogP contribution in [-0.4, -0.2) is 17.0 Å². The fourth-order valence-electron chi connectivity index (χ4n) is 2.63. The van der Waals surface area contributed by atoms with Crippen molar-refractivity contribution in [2.24, 2.45) is 17.3 Å². The number of carboxylic acid groups (broad SMARTS) is 1. The fraction of sp³-hybridized carbons (Fsp3) is 0.500. The minimum atomic E-state index is -0.950. The Labute approximate surface area is 121 Å². The van der Waals surface area contributed by atoms with E-state index in [4.69, 9.17) is 10.4 Å². The Morgan fingerprint density at radius 1 is 1.35 bits per heavy atom. The summed E-state index contributed by atoms with van der Waals surface area (Å²) in [6.07, 6.45) is 0. The molecule has 1 fully saturated rings. The second-order valence-electron chi connectivity index (χ2n) is 5.70. The Morgan fingerprint density at radius 3 is 2.40 bits per heavy atom. The van der Waals surface area contributed by atoms with Crippen LogP contribution in [0.3, 0.4) is 0 Å². The van der Waals surface area contributed by atoms with Crippen molar-refractivity contribution in [3.05, 3.63) is 16.0 Å². The number of nitrogens with zero attached hydrogens (tertiary/aromatic N) is 1. The van der Waals surface area contributed by atoms with Crippen molar-refractivity contribution < 1.29 is 14.7 Å². The Kier molecular flexibility index (Phi) is 3.34. The third kappa shape index (κ3) is 2.08. The Morgan fingerprint density at radius 2 is 1.95 bits per heavy atom. The lowest BCUT2D eigenvalue weighted by molar-refractivity contribution is -0.140. The molecule has 1 saturated carbocycles. The average molecular weight is 292 g/mol. The summed E-state index contributed by atoms with van der Waals surface area (Å²) in [5, 5.41) is 21.5. The van der Waals surface area contributed by atoms with Crippen LogP contribution in [0, 0.1) is 42.4 Å². The van der Waals surface area contributed by atoms with Gasteiger partial charge in [0.2, 0.25) is 5.91 Å². The number of carboxylic acids is 1. The zero-order valence-electron chi connectivity index (χ0n) is 11.8. The van der Waals surface area contributed by atoms with E-state index in [2.05, 4.69) is 11.4 Å². The third-order valence-electron chi connectivity index (χ3n) is 4.11. The number of aliphatic carboxylic acids is 1. The van der Waals surface area contributed by atoms with Gasteiger partial charge in [0.05, 0.1) is 17.4 Å². The van der Waals surface area contributed by atoms with Gasteiger partial charge in [-0.15, -0.1) is 11.3 Å². The van der Waals surface area contributed by atoms with Crippen LogP contribution >= 0.6 is 11.3 Å². The standard InChI is InChI=1S/C14H16N2O3S/c1-6-7(2)20-12(8(6)5-15)16-11(17)9-10(13(18)19)14(9,3)4/h9-10H,1-4H3,(H,16,17)(H,18,19)/t9-,10+/m1/s1. The van der Waals surface area contributed by atoms with E-state index in [0.29, 0.717) is 10.6 Å². The Bertz CT molecular complexity index is 640. The summed E-state index contributed by atoms with van der Waals surface area (Å²) < 4.78 is 0. The first kappa shape index (κ1) is 14.5. The van der Waals surface area contributed by atoms with Crippen molar-refractivity contribution in [3.63, 3.8) is 0 Å². The van der Waals surface area contributed by atoms with Crippen molar-refractivity contribution in [2.45, 2.75) is 27.7 Å². The number of hydrogen-bond acceptors (Lipinski definition) is 4. The van der Waals surface area contributed by atoms with Crippen molar-refractivity contribution in [1.29, 1.82) is 5.26 Å². The molecule has 20 heavy (non-hydrogen) atoms. The van der Waals surface area contributed by atoms with Crippen molar-refractivity contribution >= 4 is 28.2 Å². The lowest BCUT2D eigenvalue weighted by Gasteiger charge is -2.04. The summed E-state index contributed by atoms with van der Waals surface area (Å²) in [4.78, 5) is 24.3. The van der Waals surface area contributed by atoms with Crippen LogP contribution in [0.1, 0.15) is 29.9 Å². The van der Waals surface area contributed by atoms with Gasteiger partial charge in [-0.25, -0.2) is 0 Å². The molecule has 2 rings (SSSR count). The van der Waals surface area contributed by atoms with Gasteiger partial charge in [-0.3, -0.25) is 9.59 Å².